The zero-order valence-corrected chi connectivity index (χ0v) is 19.5. The molecule has 1 aliphatic rings. The number of amides is 1. The van der Waals surface area contributed by atoms with Gasteiger partial charge >= 0.3 is 0 Å². The number of piperazine rings is 1. The highest BCUT2D eigenvalue weighted by Gasteiger charge is 2.29. The summed E-state index contributed by atoms with van der Waals surface area (Å²) in [5.74, 6) is 0.0645. The fourth-order valence-electron chi connectivity index (χ4n) is 3.47. The summed E-state index contributed by atoms with van der Waals surface area (Å²) in [6.45, 7) is 1.49. The number of carbonyl (C=O) groups is 1. The van der Waals surface area contributed by atoms with Gasteiger partial charge in [0.2, 0.25) is 15.9 Å². The monoisotopic (exact) mass is 490 g/mol. The quantitative estimate of drug-likeness (QED) is 0.548. The SMILES string of the molecule is COc1ccc(-c2csc(NC(=O)CN3CCN(S(=O)(=O)c4ccc(F)cc4)CC3)n2)cc1. The highest BCUT2D eigenvalue weighted by Crippen LogP contribution is 2.26. The molecule has 33 heavy (non-hydrogen) atoms. The van der Waals surface area contributed by atoms with Gasteiger partial charge in [0.05, 0.1) is 24.2 Å². The topological polar surface area (TPSA) is 91.8 Å². The number of nitrogens with one attached hydrogen (secondary N) is 1. The summed E-state index contributed by atoms with van der Waals surface area (Å²) in [7, 11) is -2.08. The van der Waals surface area contributed by atoms with E-state index in [4.69, 9.17) is 4.74 Å². The van der Waals surface area contributed by atoms with Crippen molar-refractivity contribution in [3.05, 3.63) is 59.7 Å². The Morgan fingerprint density at radius 2 is 1.76 bits per heavy atom. The molecule has 4 rings (SSSR count). The molecule has 0 radical (unpaired) electrons. The number of carbonyl (C=O) groups excluding carboxylic acids is 1. The first-order chi connectivity index (χ1) is 15.8. The Bertz CT molecular complexity index is 1210. The van der Waals surface area contributed by atoms with Gasteiger partial charge in [-0.2, -0.15) is 4.31 Å². The second kappa shape index (κ2) is 9.96. The lowest BCUT2D eigenvalue weighted by Crippen LogP contribution is -2.50. The zero-order valence-electron chi connectivity index (χ0n) is 17.9. The maximum absolute atomic E-state index is 13.1. The molecule has 1 saturated heterocycles. The summed E-state index contributed by atoms with van der Waals surface area (Å²) in [6.07, 6.45) is 0. The van der Waals surface area contributed by atoms with Gasteiger partial charge in [-0.3, -0.25) is 9.69 Å². The van der Waals surface area contributed by atoms with Crippen molar-refractivity contribution >= 4 is 32.4 Å². The van der Waals surface area contributed by atoms with Crippen molar-refractivity contribution in [2.24, 2.45) is 0 Å². The molecular formula is C22H23FN4O4S2. The van der Waals surface area contributed by atoms with Gasteiger partial charge in [-0.25, -0.2) is 17.8 Å². The van der Waals surface area contributed by atoms with Crippen molar-refractivity contribution < 1.29 is 22.3 Å². The van der Waals surface area contributed by atoms with E-state index in [0.717, 1.165) is 29.1 Å². The van der Waals surface area contributed by atoms with Crippen molar-refractivity contribution in [1.82, 2.24) is 14.2 Å². The van der Waals surface area contributed by atoms with Crippen LogP contribution in [0.2, 0.25) is 0 Å². The van der Waals surface area contributed by atoms with E-state index in [0.29, 0.717) is 18.2 Å². The lowest BCUT2D eigenvalue weighted by molar-refractivity contribution is -0.117. The lowest BCUT2D eigenvalue weighted by Gasteiger charge is -2.33. The van der Waals surface area contributed by atoms with Crippen LogP contribution in [0.15, 0.2) is 58.8 Å². The molecule has 2 aromatic carbocycles. The number of halogens is 1. The number of hydrogen-bond donors (Lipinski definition) is 1. The fourth-order valence-corrected chi connectivity index (χ4v) is 5.63. The number of nitrogens with zero attached hydrogens (tertiary/aromatic N) is 3. The molecule has 1 N–H and O–H groups in total. The zero-order chi connectivity index (χ0) is 23.4. The van der Waals surface area contributed by atoms with Crippen LogP contribution in [-0.2, 0) is 14.8 Å². The van der Waals surface area contributed by atoms with Crippen molar-refractivity contribution in [3.8, 4) is 17.0 Å². The first kappa shape index (κ1) is 23.3. The summed E-state index contributed by atoms with van der Waals surface area (Å²) in [6, 6.07) is 12.3. The van der Waals surface area contributed by atoms with Crippen molar-refractivity contribution in [2.75, 3.05) is 45.2 Å². The fraction of sp³-hybridized carbons (Fsp3) is 0.273. The maximum atomic E-state index is 13.1. The molecule has 0 unspecified atom stereocenters. The molecule has 0 spiro atoms. The molecule has 1 amide bonds. The van der Waals surface area contributed by atoms with Gasteiger partial charge in [-0.1, -0.05) is 0 Å². The molecule has 0 bridgehead atoms. The standard InChI is InChI=1S/C22H23FN4O4S2/c1-31-18-6-2-16(3-7-18)20-15-32-22(24-20)25-21(28)14-26-10-12-27(13-11-26)33(29,30)19-8-4-17(23)5-9-19/h2-9,15H,10-14H2,1H3,(H,24,25,28). The van der Waals surface area contributed by atoms with Gasteiger partial charge in [-0.05, 0) is 48.5 Å². The highest BCUT2D eigenvalue weighted by molar-refractivity contribution is 7.89. The molecule has 1 fully saturated rings. The second-order valence-electron chi connectivity index (χ2n) is 7.45. The molecule has 8 nitrogen and oxygen atoms in total. The van der Waals surface area contributed by atoms with E-state index >= 15 is 0 Å². The van der Waals surface area contributed by atoms with Crippen LogP contribution in [0.4, 0.5) is 9.52 Å². The number of hydrogen-bond acceptors (Lipinski definition) is 7. The molecule has 3 aromatic rings. The first-order valence-electron chi connectivity index (χ1n) is 10.2. The van der Waals surface area contributed by atoms with Crippen LogP contribution in [-0.4, -0.2) is 68.3 Å². The maximum Gasteiger partial charge on any atom is 0.243 e. The molecule has 11 heteroatoms. The Kier molecular flexibility index (Phi) is 7.03. The minimum absolute atomic E-state index is 0.0616. The summed E-state index contributed by atoms with van der Waals surface area (Å²) in [4.78, 5) is 18.9. The number of ether oxygens (including phenoxy) is 1. The van der Waals surface area contributed by atoms with Crippen LogP contribution in [0.1, 0.15) is 0 Å². The third-order valence-corrected chi connectivity index (χ3v) is 7.96. The number of anilines is 1. The van der Waals surface area contributed by atoms with E-state index in [1.165, 1.54) is 27.8 Å². The second-order valence-corrected chi connectivity index (χ2v) is 10.2. The summed E-state index contributed by atoms with van der Waals surface area (Å²) in [5.41, 5.74) is 1.68. The van der Waals surface area contributed by atoms with E-state index in [1.807, 2.05) is 34.5 Å². The van der Waals surface area contributed by atoms with Crippen molar-refractivity contribution in [2.45, 2.75) is 4.90 Å². The number of aromatic nitrogens is 1. The number of rotatable bonds is 7. The molecule has 0 atom stereocenters. The third kappa shape index (κ3) is 5.56. The summed E-state index contributed by atoms with van der Waals surface area (Å²) in [5, 5.41) is 5.18. The molecule has 0 saturated carbocycles. The van der Waals surface area contributed by atoms with E-state index in [9.17, 15) is 17.6 Å². The van der Waals surface area contributed by atoms with E-state index in [1.54, 1.807) is 7.11 Å². The predicted molar refractivity (Wildman–Crippen MR) is 124 cm³/mol. The van der Waals surface area contributed by atoms with E-state index in [2.05, 4.69) is 10.3 Å². The summed E-state index contributed by atoms with van der Waals surface area (Å²) < 4.78 is 45.0. The predicted octanol–water partition coefficient (Wildman–Crippen LogP) is 2.90. The normalized spacial score (nSPS) is 15.3. The average Bonchev–Trinajstić information content (AvgIpc) is 3.28. The van der Waals surface area contributed by atoms with Gasteiger partial charge in [0.1, 0.15) is 11.6 Å². The number of benzene rings is 2. The van der Waals surface area contributed by atoms with Crippen LogP contribution < -0.4 is 10.1 Å². The Hall–Kier alpha value is -2.86. The Morgan fingerprint density at radius 3 is 2.39 bits per heavy atom. The van der Waals surface area contributed by atoms with Gasteiger partial charge < -0.3 is 10.1 Å². The Balaban J connectivity index is 1.29. The van der Waals surface area contributed by atoms with E-state index < -0.39 is 15.8 Å². The molecule has 2 heterocycles. The minimum atomic E-state index is -3.68. The van der Waals surface area contributed by atoms with Crippen LogP contribution in [0.5, 0.6) is 5.75 Å². The van der Waals surface area contributed by atoms with E-state index in [-0.39, 0.29) is 30.4 Å². The van der Waals surface area contributed by atoms with Crippen LogP contribution in [0.3, 0.4) is 0 Å². The van der Waals surface area contributed by atoms with Crippen molar-refractivity contribution in [1.29, 1.82) is 0 Å². The largest absolute Gasteiger partial charge is 0.497 e. The molecule has 1 aromatic heterocycles. The number of thiazole rings is 1. The van der Waals surface area contributed by atoms with Gasteiger partial charge in [0.25, 0.3) is 0 Å². The molecule has 174 valence electrons. The minimum Gasteiger partial charge on any atom is -0.497 e. The molecule has 0 aliphatic carbocycles. The van der Waals surface area contributed by atoms with Gasteiger partial charge in [0.15, 0.2) is 5.13 Å². The molecule has 1 aliphatic heterocycles. The number of methoxy groups -OCH3 is 1. The van der Waals surface area contributed by atoms with Gasteiger partial charge in [0, 0.05) is 37.1 Å². The van der Waals surface area contributed by atoms with Gasteiger partial charge in [-0.15, -0.1) is 11.3 Å². The van der Waals surface area contributed by atoms with Crippen molar-refractivity contribution in [3.63, 3.8) is 0 Å². The number of sulfonamides is 1. The highest BCUT2D eigenvalue weighted by atomic mass is 32.2. The molecular weight excluding hydrogens is 467 g/mol. The van der Waals surface area contributed by atoms with Crippen LogP contribution in [0, 0.1) is 5.82 Å². The Morgan fingerprint density at radius 1 is 1.09 bits per heavy atom. The van der Waals surface area contributed by atoms with Crippen LogP contribution >= 0.6 is 11.3 Å². The lowest BCUT2D eigenvalue weighted by atomic mass is 10.2. The summed E-state index contributed by atoms with van der Waals surface area (Å²) >= 11 is 1.34. The first-order valence-corrected chi connectivity index (χ1v) is 12.5. The third-order valence-electron chi connectivity index (χ3n) is 5.29. The smallest absolute Gasteiger partial charge is 0.243 e. The van der Waals surface area contributed by atoms with Crippen LogP contribution in [0.25, 0.3) is 11.3 Å². The average molecular weight is 491 g/mol. The Labute approximate surface area is 195 Å².